The molecule has 2 heterocycles. The number of carbonyl (C=O) groups excluding carboxylic acids is 1. The molecule has 5 nitrogen and oxygen atoms in total. The molecule has 0 spiro atoms. The van der Waals surface area contributed by atoms with Gasteiger partial charge in [0.05, 0.1) is 16.6 Å². The maximum atomic E-state index is 12.4. The highest BCUT2D eigenvalue weighted by atomic mass is 79.9. The number of aryl methyl sites for hydroxylation is 1. The van der Waals surface area contributed by atoms with E-state index in [4.69, 9.17) is 9.47 Å². The van der Waals surface area contributed by atoms with Crippen molar-refractivity contribution in [1.29, 1.82) is 0 Å². The first kappa shape index (κ1) is 17.7. The normalized spacial score (nSPS) is 15.2. The van der Waals surface area contributed by atoms with E-state index in [9.17, 15) is 4.79 Å². The molecule has 2 aromatic heterocycles. The van der Waals surface area contributed by atoms with Crippen molar-refractivity contribution in [3.63, 3.8) is 0 Å². The molecule has 0 amide bonds. The molecule has 3 rings (SSSR count). The van der Waals surface area contributed by atoms with Crippen LogP contribution in [0.5, 0.6) is 5.88 Å². The molecule has 0 radical (unpaired) electrons. The molecule has 1 saturated carbocycles. The van der Waals surface area contributed by atoms with Crippen molar-refractivity contribution < 1.29 is 14.3 Å². The van der Waals surface area contributed by atoms with E-state index in [1.54, 1.807) is 6.92 Å². The molecule has 0 bridgehead atoms. The third-order valence-corrected chi connectivity index (χ3v) is 5.50. The van der Waals surface area contributed by atoms with Crippen LogP contribution in [0.1, 0.15) is 48.7 Å². The molecule has 24 heavy (non-hydrogen) atoms. The Morgan fingerprint density at radius 1 is 1.42 bits per heavy atom. The fourth-order valence-electron chi connectivity index (χ4n) is 3.17. The molecule has 0 atom stereocenters. The van der Waals surface area contributed by atoms with Gasteiger partial charge in [-0.3, -0.25) is 0 Å². The molecular weight excluding hydrogens is 440 g/mol. The SMILES string of the molecule is CCOC(=O)c1c(CBr)n(C)c2cc(Br)c(OC3CCCC3)nc12. The number of hydrogen-bond donors (Lipinski definition) is 0. The minimum atomic E-state index is -0.348. The van der Waals surface area contributed by atoms with Crippen LogP contribution in [0.25, 0.3) is 11.0 Å². The summed E-state index contributed by atoms with van der Waals surface area (Å²) in [6.07, 6.45) is 4.70. The second kappa shape index (κ2) is 7.44. The van der Waals surface area contributed by atoms with Gasteiger partial charge in [-0.1, -0.05) is 15.9 Å². The summed E-state index contributed by atoms with van der Waals surface area (Å²) in [5, 5.41) is 0.546. The van der Waals surface area contributed by atoms with Crippen molar-refractivity contribution in [1.82, 2.24) is 9.55 Å². The molecule has 7 heteroatoms. The highest BCUT2D eigenvalue weighted by Gasteiger charge is 2.25. The number of nitrogens with zero attached hydrogens (tertiary/aromatic N) is 2. The molecule has 0 saturated heterocycles. The molecule has 130 valence electrons. The van der Waals surface area contributed by atoms with Gasteiger partial charge in [-0.15, -0.1) is 0 Å². The van der Waals surface area contributed by atoms with Crippen LogP contribution in [-0.4, -0.2) is 28.2 Å². The summed E-state index contributed by atoms with van der Waals surface area (Å²) < 4.78 is 14.1. The number of carbonyl (C=O) groups is 1. The zero-order valence-corrected chi connectivity index (χ0v) is 16.9. The number of ether oxygens (including phenoxy) is 2. The van der Waals surface area contributed by atoms with Gasteiger partial charge in [0, 0.05) is 18.1 Å². The molecular formula is C17H20Br2N2O3. The number of alkyl halides is 1. The molecule has 1 aliphatic rings. The number of aromatic nitrogens is 2. The van der Waals surface area contributed by atoms with Gasteiger partial charge in [0.1, 0.15) is 17.2 Å². The lowest BCUT2D eigenvalue weighted by Crippen LogP contribution is -2.12. The molecule has 0 unspecified atom stereocenters. The Morgan fingerprint density at radius 3 is 2.75 bits per heavy atom. The minimum absolute atomic E-state index is 0.205. The van der Waals surface area contributed by atoms with Crippen LogP contribution in [0, 0.1) is 0 Å². The van der Waals surface area contributed by atoms with Crippen LogP contribution in [0.3, 0.4) is 0 Å². The van der Waals surface area contributed by atoms with Gasteiger partial charge in [-0.05, 0) is 54.6 Å². The van der Waals surface area contributed by atoms with Crippen molar-refractivity contribution in [3.05, 3.63) is 21.8 Å². The van der Waals surface area contributed by atoms with E-state index in [-0.39, 0.29) is 12.1 Å². The van der Waals surface area contributed by atoms with Crippen molar-refractivity contribution in [2.24, 2.45) is 7.05 Å². The first-order chi connectivity index (χ1) is 11.6. The van der Waals surface area contributed by atoms with E-state index < -0.39 is 0 Å². The number of rotatable bonds is 5. The Kier molecular flexibility index (Phi) is 5.49. The summed E-state index contributed by atoms with van der Waals surface area (Å²) in [7, 11) is 1.92. The maximum absolute atomic E-state index is 12.4. The number of halogens is 2. The summed E-state index contributed by atoms with van der Waals surface area (Å²) in [5.74, 6) is 0.200. The molecule has 1 fully saturated rings. The summed E-state index contributed by atoms with van der Waals surface area (Å²) >= 11 is 7.02. The summed E-state index contributed by atoms with van der Waals surface area (Å²) in [6, 6.07) is 1.96. The van der Waals surface area contributed by atoms with E-state index in [1.807, 2.05) is 17.7 Å². The van der Waals surface area contributed by atoms with E-state index in [0.717, 1.165) is 28.5 Å². The fourth-order valence-corrected chi connectivity index (χ4v) is 4.23. The smallest absolute Gasteiger partial charge is 0.342 e. The van der Waals surface area contributed by atoms with Gasteiger partial charge in [-0.2, -0.15) is 0 Å². The summed E-state index contributed by atoms with van der Waals surface area (Å²) in [5.41, 5.74) is 2.86. The first-order valence-corrected chi connectivity index (χ1v) is 10.1. The third-order valence-electron chi connectivity index (χ3n) is 4.40. The molecule has 0 aliphatic heterocycles. The lowest BCUT2D eigenvalue weighted by molar-refractivity contribution is 0.0527. The van der Waals surface area contributed by atoms with Gasteiger partial charge in [0.15, 0.2) is 0 Å². The van der Waals surface area contributed by atoms with E-state index in [2.05, 4.69) is 36.8 Å². The quantitative estimate of drug-likeness (QED) is 0.479. The summed E-state index contributed by atoms with van der Waals surface area (Å²) in [6.45, 7) is 2.13. The fraction of sp³-hybridized carbons (Fsp3) is 0.529. The van der Waals surface area contributed by atoms with Crippen molar-refractivity contribution in [3.8, 4) is 5.88 Å². The van der Waals surface area contributed by atoms with Crippen molar-refractivity contribution in [2.75, 3.05) is 6.61 Å². The Bertz CT molecular complexity index is 767. The standard InChI is InChI=1S/C17H20Br2N2O3/c1-3-23-17(22)14-13(9-18)21(2)12-8-11(19)16(20-15(12)14)24-10-6-4-5-7-10/h8,10H,3-7,9H2,1-2H3. The predicted octanol–water partition coefficient (Wildman–Crippen LogP) is 4.73. The highest BCUT2D eigenvalue weighted by Crippen LogP contribution is 2.34. The number of hydrogen-bond acceptors (Lipinski definition) is 4. The van der Waals surface area contributed by atoms with Crippen LogP contribution in [0.15, 0.2) is 10.5 Å². The third kappa shape index (κ3) is 3.20. The largest absolute Gasteiger partial charge is 0.474 e. The molecule has 2 aromatic rings. The zero-order valence-electron chi connectivity index (χ0n) is 13.8. The Hall–Kier alpha value is -1.08. The second-order valence-electron chi connectivity index (χ2n) is 5.90. The van der Waals surface area contributed by atoms with Gasteiger partial charge < -0.3 is 14.0 Å². The summed E-state index contributed by atoms with van der Waals surface area (Å²) in [4.78, 5) is 17.1. The Balaban J connectivity index is 2.11. The van der Waals surface area contributed by atoms with Crippen LogP contribution in [0.2, 0.25) is 0 Å². The lowest BCUT2D eigenvalue weighted by atomic mass is 10.2. The minimum Gasteiger partial charge on any atom is -0.474 e. The van der Waals surface area contributed by atoms with Gasteiger partial charge >= 0.3 is 5.97 Å². The number of esters is 1. The van der Waals surface area contributed by atoms with Gasteiger partial charge in [0.2, 0.25) is 5.88 Å². The topological polar surface area (TPSA) is 53.4 Å². The Morgan fingerprint density at radius 2 is 2.12 bits per heavy atom. The zero-order chi connectivity index (χ0) is 17.3. The molecule has 0 aromatic carbocycles. The van der Waals surface area contributed by atoms with E-state index in [1.165, 1.54) is 12.8 Å². The number of fused-ring (bicyclic) bond motifs is 1. The second-order valence-corrected chi connectivity index (χ2v) is 7.32. The lowest BCUT2D eigenvalue weighted by Gasteiger charge is -2.13. The van der Waals surface area contributed by atoms with Crippen LogP contribution in [-0.2, 0) is 17.1 Å². The van der Waals surface area contributed by atoms with Crippen molar-refractivity contribution >= 4 is 48.9 Å². The van der Waals surface area contributed by atoms with Gasteiger partial charge in [-0.25, -0.2) is 9.78 Å². The van der Waals surface area contributed by atoms with Crippen LogP contribution >= 0.6 is 31.9 Å². The molecule has 0 N–H and O–H groups in total. The van der Waals surface area contributed by atoms with Crippen LogP contribution in [0.4, 0.5) is 0 Å². The predicted molar refractivity (Wildman–Crippen MR) is 99.9 cm³/mol. The van der Waals surface area contributed by atoms with Gasteiger partial charge in [0.25, 0.3) is 0 Å². The highest BCUT2D eigenvalue weighted by molar-refractivity contribution is 9.10. The first-order valence-electron chi connectivity index (χ1n) is 8.14. The van der Waals surface area contributed by atoms with Crippen molar-refractivity contribution in [2.45, 2.75) is 44.0 Å². The van der Waals surface area contributed by atoms with Crippen LogP contribution < -0.4 is 4.74 Å². The van der Waals surface area contributed by atoms with E-state index >= 15 is 0 Å². The average Bonchev–Trinajstić information content (AvgIpc) is 3.15. The maximum Gasteiger partial charge on any atom is 0.342 e. The molecule has 1 aliphatic carbocycles. The van der Waals surface area contributed by atoms with E-state index in [0.29, 0.717) is 28.9 Å². The Labute approximate surface area is 158 Å². The monoisotopic (exact) mass is 458 g/mol. The number of pyridine rings is 1. The average molecular weight is 460 g/mol.